The minimum atomic E-state index is 0.115. The van der Waals surface area contributed by atoms with Crippen LogP contribution in [0.5, 0.6) is 0 Å². The summed E-state index contributed by atoms with van der Waals surface area (Å²) >= 11 is 0. The predicted molar refractivity (Wildman–Crippen MR) is 141 cm³/mol. The standard InChI is InChI=1S/C33H36/c1-21-17-25(23-13-9-7-10-14-23)29-27(21)31(3,4)19-33(29)20-32(5,6)28-22(2)18-26(30(28)33)24-15-11-8-12-16-24/h7-16H,17-20H2,1-6H3. The number of allylic oxidation sites excluding steroid dienone is 8. The van der Waals surface area contributed by atoms with Crippen molar-refractivity contribution in [3.05, 3.63) is 105 Å². The summed E-state index contributed by atoms with van der Waals surface area (Å²) < 4.78 is 0. The highest BCUT2D eigenvalue weighted by atomic mass is 14.7. The molecule has 2 fully saturated rings. The van der Waals surface area contributed by atoms with Crippen LogP contribution in [0.3, 0.4) is 0 Å². The van der Waals surface area contributed by atoms with Gasteiger partial charge in [0.05, 0.1) is 0 Å². The summed E-state index contributed by atoms with van der Waals surface area (Å²) in [6.07, 6.45) is 4.66. The van der Waals surface area contributed by atoms with Gasteiger partial charge in [0.2, 0.25) is 0 Å². The molecule has 0 radical (unpaired) electrons. The van der Waals surface area contributed by atoms with Crippen LogP contribution in [0.1, 0.15) is 78.4 Å². The Labute approximate surface area is 199 Å². The van der Waals surface area contributed by atoms with Crippen molar-refractivity contribution in [2.24, 2.45) is 16.2 Å². The van der Waals surface area contributed by atoms with Crippen LogP contribution in [0.25, 0.3) is 11.1 Å². The van der Waals surface area contributed by atoms with Crippen LogP contribution in [0.4, 0.5) is 0 Å². The Morgan fingerprint density at radius 1 is 0.515 bits per heavy atom. The lowest BCUT2D eigenvalue weighted by molar-refractivity contribution is 0.286. The van der Waals surface area contributed by atoms with Crippen molar-refractivity contribution >= 4 is 11.1 Å². The van der Waals surface area contributed by atoms with Gasteiger partial charge < -0.3 is 0 Å². The Bertz CT molecular complexity index is 1180. The summed E-state index contributed by atoms with van der Waals surface area (Å²) in [4.78, 5) is 0. The first-order valence-corrected chi connectivity index (χ1v) is 12.6. The van der Waals surface area contributed by atoms with Crippen LogP contribution in [0.15, 0.2) is 94.1 Å². The van der Waals surface area contributed by atoms with Crippen molar-refractivity contribution < 1.29 is 0 Å². The molecule has 2 aromatic rings. The second-order valence-electron chi connectivity index (χ2n) is 12.3. The minimum Gasteiger partial charge on any atom is -0.0648 e. The summed E-state index contributed by atoms with van der Waals surface area (Å²) in [6.45, 7) is 14.8. The quantitative estimate of drug-likeness (QED) is 0.444. The molecule has 0 bridgehead atoms. The molecule has 6 rings (SSSR count). The maximum absolute atomic E-state index is 2.51. The van der Waals surface area contributed by atoms with Crippen LogP contribution in [0.2, 0.25) is 0 Å². The maximum atomic E-state index is 2.51. The van der Waals surface area contributed by atoms with Gasteiger partial charge in [-0.2, -0.15) is 0 Å². The fourth-order valence-electron chi connectivity index (χ4n) is 8.50. The lowest BCUT2D eigenvalue weighted by Crippen LogP contribution is -2.22. The molecule has 0 saturated heterocycles. The predicted octanol–water partition coefficient (Wildman–Crippen LogP) is 9.18. The molecule has 2 saturated carbocycles. The number of hydrogen-bond acceptors (Lipinski definition) is 0. The van der Waals surface area contributed by atoms with E-state index in [0.717, 1.165) is 12.8 Å². The summed E-state index contributed by atoms with van der Waals surface area (Å²) in [7, 11) is 0. The van der Waals surface area contributed by atoms with Gasteiger partial charge in [-0.3, -0.25) is 0 Å². The lowest BCUT2D eigenvalue weighted by atomic mass is 9.70. The van der Waals surface area contributed by atoms with Gasteiger partial charge in [-0.15, -0.1) is 0 Å². The van der Waals surface area contributed by atoms with E-state index >= 15 is 0 Å². The van der Waals surface area contributed by atoms with Gasteiger partial charge in [0.1, 0.15) is 0 Å². The van der Waals surface area contributed by atoms with Gasteiger partial charge in [-0.05, 0) is 94.9 Å². The van der Waals surface area contributed by atoms with Crippen LogP contribution in [-0.2, 0) is 0 Å². The first kappa shape index (κ1) is 21.0. The van der Waals surface area contributed by atoms with Gasteiger partial charge in [-0.25, -0.2) is 0 Å². The normalized spacial score (nSPS) is 24.4. The molecule has 0 amide bonds. The molecule has 33 heavy (non-hydrogen) atoms. The molecule has 0 unspecified atom stereocenters. The molecule has 0 aliphatic heterocycles. The smallest absolute Gasteiger partial charge is 0.0231 e. The monoisotopic (exact) mass is 432 g/mol. The molecule has 168 valence electrons. The highest BCUT2D eigenvalue weighted by molar-refractivity contribution is 5.89. The van der Waals surface area contributed by atoms with Crippen molar-refractivity contribution in [3.8, 4) is 0 Å². The molecule has 4 aliphatic carbocycles. The summed E-state index contributed by atoms with van der Waals surface area (Å²) in [6, 6.07) is 22.5. The molecule has 0 atom stereocenters. The van der Waals surface area contributed by atoms with Crippen LogP contribution in [-0.4, -0.2) is 0 Å². The molecular formula is C33H36. The van der Waals surface area contributed by atoms with Crippen LogP contribution >= 0.6 is 0 Å². The van der Waals surface area contributed by atoms with Gasteiger partial charge in [0, 0.05) is 5.41 Å². The number of rotatable bonds is 2. The Hall–Kier alpha value is -2.60. The second-order valence-corrected chi connectivity index (χ2v) is 12.3. The number of fused-ring (bicyclic) bond motifs is 4. The van der Waals surface area contributed by atoms with Crippen molar-refractivity contribution in [1.82, 2.24) is 0 Å². The highest BCUT2D eigenvalue weighted by Gasteiger charge is 2.63. The Balaban J connectivity index is 1.71. The zero-order valence-electron chi connectivity index (χ0n) is 21.1. The fourth-order valence-corrected chi connectivity index (χ4v) is 8.50. The maximum Gasteiger partial charge on any atom is 0.0231 e. The minimum absolute atomic E-state index is 0.115. The zero-order chi connectivity index (χ0) is 23.2. The molecule has 0 heterocycles. The topological polar surface area (TPSA) is 0 Å². The summed E-state index contributed by atoms with van der Waals surface area (Å²) in [5.41, 5.74) is 16.5. The van der Waals surface area contributed by atoms with Gasteiger partial charge in [-0.1, -0.05) is 99.5 Å². The zero-order valence-corrected chi connectivity index (χ0v) is 21.1. The third kappa shape index (κ3) is 2.76. The first-order chi connectivity index (χ1) is 15.7. The third-order valence-electron chi connectivity index (χ3n) is 8.88. The molecule has 0 heteroatoms. The van der Waals surface area contributed by atoms with Gasteiger partial charge >= 0.3 is 0 Å². The lowest BCUT2D eigenvalue weighted by Gasteiger charge is -2.32. The molecule has 1 spiro atoms. The molecular weight excluding hydrogens is 396 g/mol. The molecule has 4 aliphatic rings. The van der Waals surface area contributed by atoms with E-state index in [1.165, 1.54) is 24.0 Å². The van der Waals surface area contributed by atoms with Gasteiger partial charge in [0.25, 0.3) is 0 Å². The van der Waals surface area contributed by atoms with E-state index in [-0.39, 0.29) is 16.2 Å². The van der Waals surface area contributed by atoms with E-state index in [2.05, 4.69) is 102 Å². The number of benzene rings is 2. The Kier molecular flexibility index (Phi) is 4.27. The van der Waals surface area contributed by atoms with E-state index in [9.17, 15) is 0 Å². The summed E-state index contributed by atoms with van der Waals surface area (Å²) in [5.74, 6) is 0. The average Bonchev–Trinajstić information content (AvgIpc) is 3.44. The van der Waals surface area contributed by atoms with E-state index in [0.29, 0.717) is 0 Å². The van der Waals surface area contributed by atoms with E-state index in [1.54, 1.807) is 44.6 Å². The van der Waals surface area contributed by atoms with Gasteiger partial charge in [0.15, 0.2) is 0 Å². The highest BCUT2D eigenvalue weighted by Crippen LogP contribution is 2.76. The van der Waals surface area contributed by atoms with Crippen LogP contribution < -0.4 is 0 Å². The van der Waals surface area contributed by atoms with Crippen molar-refractivity contribution in [2.45, 2.75) is 67.2 Å². The van der Waals surface area contributed by atoms with Crippen molar-refractivity contribution in [1.29, 1.82) is 0 Å². The van der Waals surface area contributed by atoms with Crippen molar-refractivity contribution in [2.75, 3.05) is 0 Å². The van der Waals surface area contributed by atoms with E-state index in [1.807, 2.05) is 0 Å². The summed E-state index contributed by atoms with van der Waals surface area (Å²) in [5, 5.41) is 0. The van der Waals surface area contributed by atoms with Crippen LogP contribution in [0, 0.1) is 16.2 Å². The Morgan fingerprint density at radius 2 is 0.879 bits per heavy atom. The largest absolute Gasteiger partial charge is 0.0648 e. The number of hydrogen-bond donors (Lipinski definition) is 0. The first-order valence-electron chi connectivity index (χ1n) is 12.6. The van der Waals surface area contributed by atoms with Crippen molar-refractivity contribution in [3.63, 3.8) is 0 Å². The van der Waals surface area contributed by atoms with E-state index < -0.39 is 0 Å². The van der Waals surface area contributed by atoms with E-state index in [4.69, 9.17) is 0 Å². The molecule has 0 nitrogen and oxygen atoms in total. The molecule has 0 N–H and O–H groups in total. The third-order valence-corrected chi connectivity index (χ3v) is 8.88. The average molecular weight is 433 g/mol. The molecule has 2 aromatic carbocycles. The second kappa shape index (κ2) is 6.72. The fraction of sp³-hybridized carbons (Fsp3) is 0.394. The SMILES string of the molecule is CC1=C2C(=C(c3ccccc3)C1)C1(CC2(C)C)CC(C)(C)C2=C(C)CC(c3ccccc3)=C21. The Morgan fingerprint density at radius 3 is 1.24 bits per heavy atom. The molecule has 0 aromatic heterocycles.